The summed E-state index contributed by atoms with van der Waals surface area (Å²) in [6.07, 6.45) is 3.83. The van der Waals surface area contributed by atoms with Crippen molar-refractivity contribution in [2.24, 2.45) is 4.99 Å². The van der Waals surface area contributed by atoms with E-state index in [-0.39, 0.29) is 5.91 Å². The quantitative estimate of drug-likeness (QED) is 0.418. The number of carbonyl (C=O) groups excluding carboxylic acids is 1. The van der Waals surface area contributed by atoms with E-state index >= 15 is 0 Å². The lowest BCUT2D eigenvalue weighted by molar-refractivity contribution is 0.0827. The highest BCUT2D eigenvalue weighted by Crippen LogP contribution is 2.21. The third-order valence-electron chi connectivity index (χ3n) is 5.21. The molecule has 30 heavy (non-hydrogen) atoms. The van der Waals surface area contributed by atoms with Crippen molar-refractivity contribution in [3.63, 3.8) is 0 Å². The Balaban J connectivity index is 1.48. The highest BCUT2D eigenvalue weighted by Gasteiger charge is 2.08. The Morgan fingerprint density at radius 2 is 1.80 bits per heavy atom. The minimum atomic E-state index is 0.0229. The zero-order valence-corrected chi connectivity index (χ0v) is 18.2. The van der Waals surface area contributed by atoms with E-state index in [1.165, 1.54) is 22.0 Å². The van der Waals surface area contributed by atoms with Crippen LogP contribution in [0.1, 0.15) is 27.0 Å². The van der Waals surface area contributed by atoms with Crippen LogP contribution in [0.3, 0.4) is 0 Å². The summed E-state index contributed by atoms with van der Waals surface area (Å²) in [6.45, 7) is 3.66. The van der Waals surface area contributed by atoms with Gasteiger partial charge in [0.2, 0.25) is 0 Å². The molecule has 0 fully saturated rings. The van der Waals surface area contributed by atoms with Crippen LogP contribution in [0.2, 0.25) is 0 Å². The molecule has 0 radical (unpaired) electrons. The van der Waals surface area contributed by atoms with Gasteiger partial charge in [0.1, 0.15) is 0 Å². The highest BCUT2D eigenvalue weighted by molar-refractivity contribution is 5.94. The molecular formula is C24H31N5O. The number of aryl methyl sites for hydroxylation is 1. The number of aromatic amines is 1. The molecular weight excluding hydrogens is 374 g/mol. The Bertz CT molecular complexity index is 1040. The second-order valence-electron chi connectivity index (χ2n) is 7.64. The summed E-state index contributed by atoms with van der Waals surface area (Å²) in [5.41, 5.74) is 5.62. The number of para-hydroxylation sites is 1. The molecule has 0 bridgehead atoms. The predicted molar refractivity (Wildman–Crippen MR) is 124 cm³/mol. The Morgan fingerprint density at radius 1 is 1.07 bits per heavy atom. The van der Waals surface area contributed by atoms with E-state index < -0.39 is 0 Å². The molecule has 1 amide bonds. The van der Waals surface area contributed by atoms with Gasteiger partial charge in [-0.25, -0.2) is 0 Å². The zero-order valence-electron chi connectivity index (χ0n) is 18.2. The number of H-pyrrole nitrogens is 1. The van der Waals surface area contributed by atoms with E-state index in [0.29, 0.717) is 5.56 Å². The van der Waals surface area contributed by atoms with Crippen LogP contribution in [0.15, 0.2) is 53.7 Å². The Morgan fingerprint density at radius 3 is 2.53 bits per heavy atom. The molecule has 0 aliphatic carbocycles. The predicted octanol–water partition coefficient (Wildman–Crippen LogP) is 3.13. The monoisotopic (exact) mass is 405 g/mol. The molecule has 1 aromatic heterocycles. The number of carbonyl (C=O) groups is 1. The van der Waals surface area contributed by atoms with Gasteiger partial charge in [-0.15, -0.1) is 0 Å². The molecule has 2 aromatic carbocycles. The molecule has 1 heterocycles. The van der Waals surface area contributed by atoms with Crippen molar-refractivity contribution < 1.29 is 4.79 Å². The average Bonchev–Trinajstić information content (AvgIpc) is 3.16. The first-order valence-electron chi connectivity index (χ1n) is 10.3. The second-order valence-corrected chi connectivity index (χ2v) is 7.64. The van der Waals surface area contributed by atoms with Gasteiger partial charge in [-0.2, -0.15) is 0 Å². The van der Waals surface area contributed by atoms with Gasteiger partial charge in [0.05, 0.1) is 0 Å². The van der Waals surface area contributed by atoms with Gasteiger partial charge in [0.15, 0.2) is 5.96 Å². The van der Waals surface area contributed by atoms with Crippen molar-refractivity contribution in [3.05, 3.63) is 70.9 Å². The molecule has 0 aliphatic rings. The maximum atomic E-state index is 12.1. The number of guanidine groups is 1. The standard InChI is InChI=1S/C24H31N5O/c1-17-7-5-10-21-20(16-28-22(17)21)12-14-27-24(25-2)26-13-11-18-8-6-9-19(15-18)23(30)29(3)4/h5-10,15-16,28H,11-14H2,1-4H3,(H2,25,26,27). The maximum absolute atomic E-state index is 12.1. The van der Waals surface area contributed by atoms with Crippen LogP contribution in [0.5, 0.6) is 0 Å². The van der Waals surface area contributed by atoms with Crippen LogP contribution in [-0.2, 0) is 12.8 Å². The van der Waals surface area contributed by atoms with E-state index in [1.54, 1.807) is 26.0 Å². The molecule has 0 aliphatic heterocycles. The molecule has 0 unspecified atom stereocenters. The van der Waals surface area contributed by atoms with E-state index in [1.807, 2.05) is 24.3 Å². The molecule has 6 heteroatoms. The van der Waals surface area contributed by atoms with Crippen LogP contribution < -0.4 is 10.6 Å². The average molecular weight is 406 g/mol. The summed E-state index contributed by atoms with van der Waals surface area (Å²) in [5.74, 6) is 0.807. The molecule has 158 valence electrons. The van der Waals surface area contributed by atoms with Gasteiger partial charge in [-0.05, 0) is 48.6 Å². The van der Waals surface area contributed by atoms with Crippen molar-refractivity contribution >= 4 is 22.8 Å². The topological polar surface area (TPSA) is 72.5 Å². The number of benzene rings is 2. The fourth-order valence-electron chi connectivity index (χ4n) is 3.55. The molecule has 0 saturated carbocycles. The third-order valence-corrected chi connectivity index (χ3v) is 5.21. The summed E-state index contributed by atoms with van der Waals surface area (Å²) in [4.78, 5) is 21.4. The van der Waals surface area contributed by atoms with Gasteiger partial charge >= 0.3 is 0 Å². The maximum Gasteiger partial charge on any atom is 0.253 e. The molecule has 0 saturated heterocycles. The second kappa shape index (κ2) is 9.96. The Kier molecular flexibility index (Phi) is 7.12. The Hall–Kier alpha value is -3.28. The van der Waals surface area contributed by atoms with Gasteiger partial charge in [0, 0.05) is 56.9 Å². The molecule has 0 atom stereocenters. The van der Waals surface area contributed by atoms with Crippen molar-refractivity contribution in [1.82, 2.24) is 20.5 Å². The lowest BCUT2D eigenvalue weighted by atomic mass is 10.1. The number of fused-ring (bicyclic) bond motifs is 1. The van der Waals surface area contributed by atoms with Gasteiger partial charge in [-0.1, -0.05) is 30.3 Å². The first-order chi connectivity index (χ1) is 14.5. The SMILES string of the molecule is CN=C(NCCc1cccc(C(=O)N(C)C)c1)NCCc1c[nH]c2c(C)cccc12. The molecule has 0 spiro atoms. The number of rotatable bonds is 7. The van der Waals surface area contributed by atoms with E-state index in [2.05, 4.69) is 51.9 Å². The fourth-order valence-corrected chi connectivity index (χ4v) is 3.55. The number of hydrogen-bond acceptors (Lipinski definition) is 2. The largest absolute Gasteiger partial charge is 0.361 e. The minimum absolute atomic E-state index is 0.0229. The van der Waals surface area contributed by atoms with Crippen molar-refractivity contribution in [2.45, 2.75) is 19.8 Å². The van der Waals surface area contributed by atoms with Crippen LogP contribution in [0, 0.1) is 6.92 Å². The summed E-state index contributed by atoms with van der Waals surface area (Å²) in [6, 6.07) is 14.2. The van der Waals surface area contributed by atoms with Crippen molar-refractivity contribution in [3.8, 4) is 0 Å². The molecule has 6 nitrogen and oxygen atoms in total. The summed E-state index contributed by atoms with van der Waals surface area (Å²) >= 11 is 0. The molecule has 3 rings (SSSR count). The van der Waals surface area contributed by atoms with E-state index in [0.717, 1.165) is 37.5 Å². The van der Waals surface area contributed by atoms with Crippen LogP contribution in [-0.4, -0.2) is 56.0 Å². The van der Waals surface area contributed by atoms with Crippen LogP contribution in [0.4, 0.5) is 0 Å². The van der Waals surface area contributed by atoms with Crippen molar-refractivity contribution in [2.75, 3.05) is 34.2 Å². The number of aromatic nitrogens is 1. The number of nitrogens with zero attached hydrogens (tertiary/aromatic N) is 2. The summed E-state index contributed by atoms with van der Waals surface area (Å²) in [7, 11) is 5.31. The number of amides is 1. The number of hydrogen-bond donors (Lipinski definition) is 3. The van der Waals surface area contributed by atoms with E-state index in [4.69, 9.17) is 0 Å². The lowest BCUT2D eigenvalue weighted by Crippen LogP contribution is -2.39. The Labute approximate surface area is 178 Å². The van der Waals surface area contributed by atoms with Crippen molar-refractivity contribution in [1.29, 1.82) is 0 Å². The van der Waals surface area contributed by atoms with Crippen LogP contribution in [0.25, 0.3) is 10.9 Å². The third kappa shape index (κ3) is 5.20. The summed E-state index contributed by atoms with van der Waals surface area (Å²) < 4.78 is 0. The summed E-state index contributed by atoms with van der Waals surface area (Å²) in [5, 5.41) is 8.02. The first kappa shape index (κ1) is 21.4. The molecule has 3 N–H and O–H groups in total. The van der Waals surface area contributed by atoms with Gasteiger partial charge in [-0.3, -0.25) is 9.79 Å². The highest BCUT2D eigenvalue weighted by atomic mass is 16.2. The first-order valence-corrected chi connectivity index (χ1v) is 10.3. The lowest BCUT2D eigenvalue weighted by Gasteiger charge is -2.13. The number of aliphatic imine (C=N–C) groups is 1. The zero-order chi connectivity index (χ0) is 21.5. The molecule has 3 aromatic rings. The normalized spacial score (nSPS) is 11.5. The fraction of sp³-hybridized carbons (Fsp3) is 0.333. The van der Waals surface area contributed by atoms with Gasteiger partial charge < -0.3 is 20.5 Å². The minimum Gasteiger partial charge on any atom is -0.361 e. The van der Waals surface area contributed by atoms with Gasteiger partial charge in [0.25, 0.3) is 5.91 Å². The number of nitrogens with one attached hydrogen (secondary N) is 3. The van der Waals surface area contributed by atoms with E-state index in [9.17, 15) is 4.79 Å². The smallest absolute Gasteiger partial charge is 0.253 e. The van der Waals surface area contributed by atoms with Crippen LogP contribution >= 0.6 is 0 Å².